The summed E-state index contributed by atoms with van der Waals surface area (Å²) in [6.45, 7) is 2.21. The lowest BCUT2D eigenvalue weighted by atomic mass is 10.0. The molecule has 0 bridgehead atoms. The third kappa shape index (κ3) is 4.98. The van der Waals surface area contributed by atoms with E-state index in [1.54, 1.807) is 18.2 Å². The second-order valence-electron chi connectivity index (χ2n) is 8.74. The Morgan fingerprint density at radius 2 is 1.92 bits per heavy atom. The van der Waals surface area contributed by atoms with Gasteiger partial charge in [0.25, 0.3) is 11.5 Å². The first kappa shape index (κ1) is 26.1. The van der Waals surface area contributed by atoms with Crippen LogP contribution in [0.2, 0.25) is 0 Å². The molecule has 1 fully saturated rings. The summed E-state index contributed by atoms with van der Waals surface area (Å²) >= 11 is 0. The number of benzene rings is 1. The van der Waals surface area contributed by atoms with Gasteiger partial charge >= 0.3 is 0 Å². The summed E-state index contributed by atoms with van der Waals surface area (Å²) < 4.78 is 39.8. The fourth-order valence-corrected chi connectivity index (χ4v) is 4.58. The molecule has 0 spiro atoms. The van der Waals surface area contributed by atoms with E-state index >= 15 is 0 Å². The van der Waals surface area contributed by atoms with Gasteiger partial charge in [0.2, 0.25) is 5.88 Å². The van der Waals surface area contributed by atoms with Gasteiger partial charge in [-0.1, -0.05) is 19.4 Å². The molecule has 1 amide bonds. The summed E-state index contributed by atoms with van der Waals surface area (Å²) in [5, 5.41) is 10.7. The number of pyridine rings is 1. The second-order valence-corrected chi connectivity index (χ2v) is 8.74. The molecule has 0 radical (unpaired) electrons. The van der Waals surface area contributed by atoms with Crippen molar-refractivity contribution in [2.45, 2.75) is 38.5 Å². The van der Waals surface area contributed by atoms with E-state index < -0.39 is 40.5 Å². The minimum atomic E-state index is -0.797. The molecule has 1 aliphatic heterocycles. The number of methoxy groups -OCH3 is 2. The molecule has 1 N–H and O–H groups in total. The molecule has 0 saturated carbocycles. The standard InChI is InChI=1S/C26H28F2N4O5/c1-4-5-9-20-30-24(33)21(26(35)32(20)23-18(36-2)7-6-8-19(23)37-3)25(34)31-11-10-15(14-31)22-17(28)12-16(27)13-29-22/h6-8,12-13,15,33H,4-5,9-11,14H2,1-3H3/t15-/m0/s1. The van der Waals surface area contributed by atoms with Crippen molar-refractivity contribution in [3.63, 3.8) is 0 Å². The number of carbonyl (C=O) groups excluding carboxylic acids is 1. The predicted octanol–water partition coefficient (Wildman–Crippen LogP) is 3.60. The SMILES string of the molecule is CCCCc1nc(O)c(C(=O)N2CC[C@H](c3ncc(F)cc3F)C2)c(=O)n1-c1c(OC)cccc1OC. The number of rotatable bonds is 8. The molecule has 1 atom stereocenters. The summed E-state index contributed by atoms with van der Waals surface area (Å²) in [5.41, 5.74) is -0.977. The van der Waals surface area contributed by atoms with Crippen LogP contribution in [0.25, 0.3) is 5.69 Å². The minimum absolute atomic E-state index is 0.0445. The molecule has 196 valence electrons. The lowest BCUT2D eigenvalue weighted by Crippen LogP contribution is -2.37. The number of carbonyl (C=O) groups is 1. The maximum atomic E-state index is 14.3. The van der Waals surface area contributed by atoms with Crippen LogP contribution in [0.15, 0.2) is 35.3 Å². The average molecular weight is 515 g/mol. The fourth-order valence-electron chi connectivity index (χ4n) is 4.58. The monoisotopic (exact) mass is 514 g/mol. The molecule has 1 aliphatic rings. The predicted molar refractivity (Wildman–Crippen MR) is 131 cm³/mol. The van der Waals surface area contributed by atoms with Gasteiger partial charge in [-0.2, -0.15) is 4.98 Å². The number of ether oxygens (including phenoxy) is 2. The van der Waals surface area contributed by atoms with Crippen molar-refractivity contribution in [3.8, 4) is 23.1 Å². The van der Waals surface area contributed by atoms with Gasteiger partial charge in [-0.25, -0.2) is 8.78 Å². The van der Waals surface area contributed by atoms with E-state index in [4.69, 9.17) is 9.47 Å². The van der Waals surface area contributed by atoms with E-state index in [1.807, 2.05) is 6.92 Å². The van der Waals surface area contributed by atoms with Crippen LogP contribution in [-0.2, 0) is 6.42 Å². The number of aryl methyl sites for hydroxylation is 1. The normalized spacial score (nSPS) is 15.2. The van der Waals surface area contributed by atoms with Crippen LogP contribution < -0.4 is 15.0 Å². The molecule has 0 unspecified atom stereocenters. The largest absolute Gasteiger partial charge is 0.494 e. The third-order valence-corrected chi connectivity index (χ3v) is 6.43. The number of unbranched alkanes of at least 4 members (excludes halogenated alkanes) is 1. The van der Waals surface area contributed by atoms with Gasteiger partial charge < -0.3 is 19.5 Å². The fraction of sp³-hybridized carbons (Fsp3) is 0.385. The highest BCUT2D eigenvalue weighted by molar-refractivity contribution is 5.96. The summed E-state index contributed by atoms with van der Waals surface area (Å²) in [4.78, 5) is 36.8. The number of aromatic nitrogens is 3. The Hall–Kier alpha value is -4.02. The molecule has 1 aromatic carbocycles. The van der Waals surface area contributed by atoms with Crippen LogP contribution in [0.5, 0.6) is 17.4 Å². The van der Waals surface area contributed by atoms with Crippen LogP contribution in [0, 0.1) is 11.6 Å². The van der Waals surface area contributed by atoms with Crippen molar-refractivity contribution in [1.29, 1.82) is 0 Å². The second kappa shape index (κ2) is 10.9. The van der Waals surface area contributed by atoms with Gasteiger partial charge in [0.1, 0.15) is 34.6 Å². The first-order valence-electron chi connectivity index (χ1n) is 12.0. The molecule has 1 saturated heterocycles. The molecule has 11 heteroatoms. The van der Waals surface area contributed by atoms with Crippen LogP contribution >= 0.6 is 0 Å². The smallest absolute Gasteiger partial charge is 0.275 e. The number of amides is 1. The number of aromatic hydroxyl groups is 1. The number of likely N-dealkylation sites (tertiary alicyclic amines) is 1. The summed E-state index contributed by atoms with van der Waals surface area (Å²) in [7, 11) is 2.89. The number of nitrogens with zero attached hydrogens (tertiary/aromatic N) is 4. The van der Waals surface area contributed by atoms with Crippen LogP contribution in [0.1, 0.15) is 54.0 Å². The minimum Gasteiger partial charge on any atom is -0.494 e. The van der Waals surface area contributed by atoms with E-state index in [9.17, 15) is 23.5 Å². The van der Waals surface area contributed by atoms with Gasteiger partial charge in [-0.05, 0) is 25.0 Å². The maximum Gasteiger partial charge on any atom is 0.275 e. The van der Waals surface area contributed by atoms with Crippen LogP contribution in [-0.4, -0.2) is 57.8 Å². The van der Waals surface area contributed by atoms with E-state index in [-0.39, 0.29) is 30.3 Å². The van der Waals surface area contributed by atoms with Crippen molar-refractivity contribution in [3.05, 3.63) is 69.5 Å². The molecular weight excluding hydrogens is 486 g/mol. The number of para-hydroxylation sites is 1. The molecule has 3 heterocycles. The van der Waals surface area contributed by atoms with E-state index in [1.165, 1.54) is 23.7 Å². The Balaban J connectivity index is 1.78. The zero-order valence-corrected chi connectivity index (χ0v) is 20.8. The van der Waals surface area contributed by atoms with E-state index in [0.717, 1.165) is 18.7 Å². The van der Waals surface area contributed by atoms with E-state index in [0.29, 0.717) is 30.8 Å². The first-order chi connectivity index (χ1) is 17.8. The zero-order valence-electron chi connectivity index (χ0n) is 20.8. The lowest BCUT2D eigenvalue weighted by molar-refractivity contribution is 0.0784. The number of hydrogen-bond acceptors (Lipinski definition) is 7. The topological polar surface area (TPSA) is 107 Å². The number of halogens is 2. The Bertz CT molecular complexity index is 1360. The molecule has 4 rings (SSSR count). The zero-order chi connectivity index (χ0) is 26.7. The quantitative estimate of drug-likeness (QED) is 0.490. The van der Waals surface area contributed by atoms with Gasteiger partial charge in [-0.3, -0.25) is 19.1 Å². The third-order valence-electron chi connectivity index (χ3n) is 6.43. The Morgan fingerprint density at radius 3 is 2.54 bits per heavy atom. The first-order valence-corrected chi connectivity index (χ1v) is 12.0. The average Bonchev–Trinajstić information content (AvgIpc) is 3.37. The molecule has 3 aromatic rings. The van der Waals surface area contributed by atoms with Crippen molar-refractivity contribution in [2.24, 2.45) is 0 Å². The van der Waals surface area contributed by atoms with Gasteiger partial charge in [0.05, 0.1) is 26.1 Å². The molecule has 9 nitrogen and oxygen atoms in total. The van der Waals surface area contributed by atoms with Crippen LogP contribution in [0.4, 0.5) is 8.78 Å². The van der Waals surface area contributed by atoms with E-state index in [2.05, 4.69) is 9.97 Å². The number of hydrogen-bond donors (Lipinski definition) is 1. The molecule has 37 heavy (non-hydrogen) atoms. The maximum absolute atomic E-state index is 14.3. The highest BCUT2D eigenvalue weighted by Crippen LogP contribution is 2.34. The Labute approximate surface area is 212 Å². The Morgan fingerprint density at radius 1 is 1.22 bits per heavy atom. The Kier molecular flexibility index (Phi) is 7.70. The van der Waals surface area contributed by atoms with Crippen molar-refractivity contribution < 1.29 is 28.2 Å². The van der Waals surface area contributed by atoms with Gasteiger partial charge in [0, 0.05) is 31.5 Å². The van der Waals surface area contributed by atoms with Crippen LogP contribution in [0.3, 0.4) is 0 Å². The lowest BCUT2D eigenvalue weighted by Gasteiger charge is -2.21. The molecule has 0 aliphatic carbocycles. The van der Waals surface area contributed by atoms with Gasteiger partial charge in [0.15, 0.2) is 5.56 Å². The highest BCUT2D eigenvalue weighted by atomic mass is 19.1. The van der Waals surface area contributed by atoms with Crippen molar-refractivity contribution in [1.82, 2.24) is 19.4 Å². The summed E-state index contributed by atoms with van der Waals surface area (Å²) in [6, 6.07) is 5.75. The van der Waals surface area contributed by atoms with Crippen molar-refractivity contribution >= 4 is 5.91 Å². The van der Waals surface area contributed by atoms with Gasteiger partial charge in [-0.15, -0.1) is 0 Å². The molecule has 2 aromatic heterocycles. The highest BCUT2D eigenvalue weighted by Gasteiger charge is 2.34. The van der Waals surface area contributed by atoms with Crippen molar-refractivity contribution in [2.75, 3.05) is 27.3 Å². The summed E-state index contributed by atoms with van der Waals surface area (Å²) in [5.74, 6) is -2.60. The molecular formula is C26H28F2N4O5. The summed E-state index contributed by atoms with van der Waals surface area (Å²) in [6.07, 6.45) is 3.13.